The largest absolute Gasteiger partial charge is 0.481 e. The third kappa shape index (κ3) is 5.15. The smallest absolute Gasteiger partial charge is 0.433 e. The number of carbonyl (C=O) groups excluding carboxylic acids is 2. The van der Waals surface area contributed by atoms with Crippen molar-refractivity contribution in [2.24, 2.45) is 22.7 Å². The van der Waals surface area contributed by atoms with Crippen molar-refractivity contribution in [2.45, 2.75) is 84.5 Å². The van der Waals surface area contributed by atoms with Gasteiger partial charge in [-0.25, -0.2) is 0 Å². The molecule has 222 valence electrons. The third-order valence-electron chi connectivity index (χ3n) is 9.94. The lowest BCUT2D eigenvalue weighted by Gasteiger charge is -2.35. The zero-order valence-electron chi connectivity index (χ0n) is 23.5. The number of pyridine rings is 1. The Morgan fingerprint density at radius 2 is 1.71 bits per heavy atom. The van der Waals surface area contributed by atoms with E-state index in [1.807, 2.05) is 0 Å². The number of Topliss-reactive ketones (excluding diaryl/α,β-unsaturated/α-hetero) is 1. The Kier molecular flexibility index (Phi) is 7.28. The number of fused-ring (bicyclic) bond motifs is 1. The third-order valence-corrected chi connectivity index (χ3v) is 10.2. The van der Waals surface area contributed by atoms with Crippen molar-refractivity contribution in [2.75, 3.05) is 6.54 Å². The van der Waals surface area contributed by atoms with Crippen LogP contribution in [-0.2, 0) is 11.0 Å². The lowest BCUT2D eigenvalue weighted by Crippen LogP contribution is -2.44. The molecule has 0 aliphatic heterocycles. The fourth-order valence-corrected chi connectivity index (χ4v) is 7.46. The summed E-state index contributed by atoms with van der Waals surface area (Å²) in [5.41, 5.74) is -1.97. The van der Waals surface area contributed by atoms with Gasteiger partial charge in [0.25, 0.3) is 5.91 Å². The minimum absolute atomic E-state index is 0.105. The summed E-state index contributed by atoms with van der Waals surface area (Å²) in [6.07, 6.45) is 0.817. The number of carboxylic acids is 1. The van der Waals surface area contributed by atoms with Gasteiger partial charge in [-0.3, -0.25) is 24.0 Å². The number of alkyl halides is 3. The second-order valence-corrected chi connectivity index (χ2v) is 13.2. The average molecular weight is 595 g/mol. The van der Waals surface area contributed by atoms with Crippen LogP contribution < -0.4 is 0 Å². The zero-order valence-corrected chi connectivity index (χ0v) is 24.2. The Labute approximate surface area is 241 Å². The number of hydrogen-bond donors (Lipinski definition) is 1. The number of carbonyl (C=O) groups is 3. The lowest BCUT2D eigenvalue weighted by atomic mass is 9.74. The highest BCUT2D eigenvalue weighted by Gasteiger charge is 2.63. The van der Waals surface area contributed by atoms with Crippen LogP contribution >= 0.6 is 11.6 Å². The summed E-state index contributed by atoms with van der Waals surface area (Å²) in [4.78, 5) is 44.4. The number of amides is 1. The number of halogens is 4. The van der Waals surface area contributed by atoms with E-state index in [0.29, 0.717) is 30.2 Å². The van der Waals surface area contributed by atoms with Gasteiger partial charge in [-0.15, -0.1) is 0 Å². The summed E-state index contributed by atoms with van der Waals surface area (Å²) in [7, 11) is 0. The molecule has 41 heavy (non-hydrogen) atoms. The van der Waals surface area contributed by atoms with Crippen LogP contribution in [0.25, 0.3) is 0 Å². The first kappa shape index (κ1) is 29.5. The summed E-state index contributed by atoms with van der Waals surface area (Å²) in [5, 5.41) is 13.7. The first-order chi connectivity index (χ1) is 19.1. The molecule has 2 aromatic rings. The van der Waals surface area contributed by atoms with E-state index in [4.69, 9.17) is 11.6 Å². The van der Waals surface area contributed by atoms with Crippen molar-refractivity contribution >= 4 is 29.3 Å². The molecule has 2 heterocycles. The number of ketones is 1. The van der Waals surface area contributed by atoms with Crippen LogP contribution in [0.1, 0.15) is 97.3 Å². The molecule has 2 aromatic heterocycles. The van der Waals surface area contributed by atoms with E-state index in [9.17, 15) is 32.7 Å². The molecule has 2 unspecified atom stereocenters. The highest BCUT2D eigenvalue weighted by molar-refractivity contribution is 6.34. The normalized spacial score (nSPS) is 28.7. The molecular weight excluding hydrogens is 561 g/mol. The Morgan fingerprint density at radius 3 is 2.24 bits per heavy atom. The topological polar surface area (TPSA) is 105 Å². The minimum atomic E-state index is -4.89. The van der Waals surface area contributed by atoms with Crippen LogP contribution in [0.2, 0.25) is 5.02 Å². The van der Waals surface area contributed by atoms with E-state index in [1.165, 1.54) is 17.3 Å². The van der Waals surface area contributed by atoms with Gasteiger partial charge in [0.2, 0.25) is 0 Å². The fourth-order valence-electron chi connectivity index (χ4n) is 7.15. The second-order valence-electron chi connectivity index (χ2n) is 12.8. The molecule has 0 radical (unpaired) electrons. The van der Waals surface area contributed by atoms with Crippen LogP contribution in [0, 0.1) is 29.6 Å². The SMILES string of the molecule is Cc1cncc(Cl)c1C(=O)CN(C(=O)c1cnn(C2CCC(C)(C(=O)O)CC2)c1C(F)(F)F)C1CC2C(C1)C2(C)C. The molecule has 0 aromatic carbocycles. The van der Waals surface area contributed by atoms with Gasteiger partial charge in [0.1, 0.15) is 0 Å². The van der Waals surface area contributed by atoms with Crippen molar-refractivity contribution in [3.63, 3.8) is 0 Å². The maximum Gasteiger partial charge on any atom is 0.433 e. The van der Waals surface area contributed by atoms with Crippen LogP contribution in [0.3, 0.4) is 0 Å². The van der Waals surface area contributed by atoms with Gasteiger partial charge in [-0.05, 0) is 75.2 Å². The highest BCUT2D eigenvalue weighted by Crippen LogP contribution is 2.67. The number of aryl methyl sites for hydroxylation is 1. The van der Waals surface area contributed by atoms with E-state index in [0.717, 1.165) is 10.9 Å². The van der Waals surface area contributed by atoms with E-state index in [1.54, 1.807) is 13.8 Å². The van der Waals surface area contributed by atoms with Gasteiger partial charge < -0.3 is 10.0 Å². The first-order valence-corrected chi connectivity index (χ1v) is 14.3. The van der Waals surface area contributed by atoms with Gasteiger partial charge >= 0.3 is 12.1 Å². The van der Waals surface area contributed by atoms with E-state index < -0.39 is 59.1 Å². The molecule has 0 bridgehead atoms. The monoisotopic (exact) mass is 594 g/mol. The predicted molar refractivity (Wildman–Crippen MR) is 144 cm³/mol. The molecule has 3 aliphatic rings. The number of aliphatic carboxylic acids is 1. The molecule has 1 amide bonds. The summed E-state index contributed by atoms with van der Waals surface area (Å²) >= 11 is 6.26. The molecule has 0 saturated heterocycles. The number of aromatic nitrogens is 3. The molecule has 2 atom stereocenters. The van der Waals surface area contributed by atoms with Gasteiger partial charge in [0, 0.05) is 24.0 Å². The minimum Gasteiger partial charge on any atom is -0.481 e. The van der Waals surface area contributed by atoms with E-state index >= 15 is 0 Å². The summed E-state index contributed by atoms with van der Waals surface area (Å²) < 4.78 is 44.5. The van der Waals surface area contributed by atoms with Crippen molar-refractivity contribution in [3.05, 3.63) is 46.0 Å². The van der Waals surface area contributed by atoms with E-state index in [2.05, 4.69) is 23.9 Å². The summed E-state index contributed by atoms with van der Waals surface area (Å²) in [6, 6.07) is -1.10. The molecule has 5 rings (SSSR count). The van der Waals surface area contributed by atoms with Crippen molar-refractivity contribution < 1.29 is 32.7 Å². The standard InChI is InChI=1S/C29H34ClF3N4O4/c1-15-11-34-13-21(30)23(15)22(38)14-36(17-9-19-20(10-17)27(19,2)3)25(39)18-12-35-37(24(18)29(31,32)33)16-5-7-28(4,8-6-16)26(40)41/h11-13,16-17,19-20H,5-10,14H2,1-4H3,(H,40,41). The number of rotatable bonds is 7. The first-order valence-electron chi connectivity index (χ1n) is 13.9. The Balaban J connectivity index is 1.48. The molecule has 8 nitrogen and oxygen atoms in total. The van der Waals surface area contributed by atoms with Gasteiger partial charge in [-0.1, -0.05) is 25.4 Å². The average Bonchev–Trinajstić information content (AvgIpc) is 3.30. The van der Waals surface area contributed by atoms with Gasteiger partial charge in [-0.2, -0.15) is 18.3 Å². The Morgan fingerprint density at radius 1 is 1.10 bits per heavy atom. The molecule has 3 aliphatic carbocycles. The Hall–Kier alpha value is -2.95. The Bertz CT molecular complexity index is 1360. The van der Waals surface area contributed by atoms with Crippen LogP contribution in [-0.4, -0.2) is 55.0 Å². The van der Waals surface area contributed by atoms with E-state index in [-0.39, 0.29) is 41.7 Å². The molecule has 3 saturated carbocycles. The molecule has 3 fully saturated rings. The van der Waals surface area contributed by atoms with Gasteiger partial charge in [0.15, 0.2) is 11.5 Å². The summed E-state index contributed by atoms with van der Waals surface area (Å²) in [6.45, 7) is 7.11. The maximum absolute atomic E-state index is 14.6. The van der Waals surface area contributed by atoms with Gasteiger partial charge in [0.05, 0.1) is 34.8 Å². The van der Waals surface area contributed by atoms with Crippen molar-refractivity contribution in [1.29, 1.82) is 0 Å². The van der Waals surface area contributed by atoms with Crippen molar-refractivity contribution in [3.8, 4) is 0 Å². The highest BCUT2D eigenvalue weighted by atomic mass is 35.5. The van der Waals surface area contributed by atoms with Crippen LogP contribution in [0.5, 0.6) is 0 Å². The quantitative estimate of drug-likeness (QED) is 0.381. The van der Waals surface area contributed by atoms with Crippen molar-refractivity contribution in [1.82, 2.24) is 19.7 Å². The molecule has 0 spiro atoms. The zero-order chi connectivity index (χ0) is 30.1. The van der Waals surface area contributed by atoms with Crippen LogP contribution in [0.4, 0.5) is 13.2 Å². The second kappa shape index (κ2) is 10.1. The lowest BCUT2D eigenvalue weighted by molar-refractivity contribution is -0.152. The number of carboxylic acid groups (broad SMARTS) is 1. The van der Waals surface area contributed by atoms with Crippen LogP contribution in [0.15, 0.2) is 18.6 Å². The number of hydrogen-bond acceptors (Lipinski definition) is 5. The number of nitrogens with zero attached hydrogens (tertiary/aromatic N) is 4. The molecule has 1 N–H and O–H groups in total. The molecular formula is C29H34ClF3N4O4. The molecule has 12 heteroatoms. The summed E-state index contributed by atoms with van der Waals surface area (Å²) in [5.74, 6) is -1.68. The predicted octanol–water partition coefficient (Wildman–Crippen LogP) is 6.22. The maximum atomic E-state index is 14.6. The fraction of sp³-hybridized carbons (Fsp3) is 0.621.